The zero-order valence-corrected chi connectivity index (χ0v) is 11.4. The summed E-state index contributed by atoms with van der Waals surface area (Å²) in [5.41, 5.74) is 0.508. The standard InChI is InChI=1S/C15H17NO4/c1-10-3-8-14(20-10)13(17)9-16-15(18)11-4-6-12(19-2)7-5-11/h3-8,13,17H,9H2,1-2H3,(H,16,18). The molecule has 0 spiro atoms. The number of aliphatic hydroxyl groups is 1. The number of furan rings is 1. The van der Waals surface area contributed by atoms with Crippen molar-refractivity contribution in [1.29, 1.82) is 0 Å². The molecule has 0 bridgehead atoms. The molecule has 0 aliphatic carbocycles. The summed E-state index contributed by atoms with van der Waals surface area (Å²) in [7, 11) is 1.57. The molecule has 1 unspecified atom stereocenters. The van der Waals surface area contributed by atoms with Gasteiger partial charge in [0.15, 0.2) is 0 Å². The van der Waals surface area contributed by atoms with Gasteiger partial charge in [-0.3, -0.25) is 4.79 Å². The monoisotopic (exact) mass is 275 g/mol. The first-order valence-corrected chi connectivity index (χ1v) is 6.27. The Morgan fingerprint density at radius 3 is 2.55 bits per heavy atom. The highest BCUT2D eigenvalue weighted by Crippen LogP contribution is 2.15. The Hall–Kier alpha value is -2.27. The molecule has 5 nitrogen and oxygen atoms in total. The molecule has 1 aromatic heterocycles. The summed E-state index contributed by atoms with van der Waals surface area (Å²) in [5, 5.41) is 12.5. The topological polar surface area (TPSA) is 71.7 Å². The number of benzene rings is 1. The van der Waals surface area contributed by atoms with Gasteiger partial charge in [-0.25, -0.2) is 0 Å². The van der Waals surface area contributed by atoms with Crippen LogP contribution in [0.1, 0.15) is 28.0 Å². The number of aliphatic hydroxyl groups excluding tert-OH is 1. The average molecular weight is 275 g/mol. The second-order valence-electron chi connectivity index (χ2n) is 4.40. The smallest absolute Gasteiger partial charge is 0.251 e. The number of hydrogen-bond acceptors (Lipinski definition) is 4. The summed E-state index contributed by atoms with van der Waals surface area (Å²) in [6, 6.07) is 10.2. The summed E-state index contributed by atoms with van der Waals surface area (Å²) >= 11 is 0. The lowest BCUT2D eigenvalue weighted by molar-refractivity contribution is 0.0900. The number of ether oxygens (including phenoxy) is 1. The lowest BCUT2D eigenvalue weighted by Crippen LogP contribution is -2.28. The van der Waals surface area contributed by atoms with Gasteiger partial charge in [0.25, 0.3) is 5.91 Å². The molecule has 5 heteroatoms. The summed E-state index contributed by atoms with van der Waals surface area (Å²) in [6.07, 6.45) is -0.856. The minimum atomic E-state index is -0.856. The highest BCUT2D eigenvalue weighted by atomic mass is 16.5. The van der Waals surface area contributed by atoms with Crippen molar-refractivity contribution in [3.63, 3.8) is 0 Å². The zero-order valence-electron chi connectivity index (χ0n) is 11.4. The summed E-state index contributed by atoms with van der Waals surface area (Å²) in [5.74, 6) is 1.60. The Balaban J connectivity index is 1.91. The first-order valence-electron chi connectivity index (χ1n) is 6.27. The molecule has 0 aliphatic rings. The van der Waals surface area contributed by atoms with E-state index in [0.717, 1.165) is 5.76 Å². The summed E-state index contributed by atoms with van der Waals surface area (Å²) in [6.45, 7) is 1.89. The molecule has 106 valence electrons. The maximum atomic E-state index is 11.9. The maximum Gasteiger partial charge on any atom is 0.251 e. The quantitative estimate of drug-likeness (QED) is 0.876. The van der Waals surface area contributed by atoms with Crippen LogP contribution >= 0.6 is 0 Å². The van der Waals surface area contributed by atoms with Crippen LogP contribution in [0, 0.1) is 6.92 Å². The van der Waals surface area contributed by atoms with E-state index in [1.54, 1.807) is 50.4 Å². The number of carbonyl (C=O) groups excluding carboxylic acids is 1. The van der Waals surface area contributed by atoms with E-state index in [0.29, 0.717) is 17.1 Å². The second-order valence-corrected chi connectivity index (χ2v) is 4.40. The van der Waals surface area contributed by atoms with Gasteiger partial charge in [-0.2, -0.15) is 0 Å². The number of rotatable bonds is 5. The minimum absolute atomic E-state index is 0.0951. The van der Waals surface area contributed by atoms with Gasteiger partial charge in [-0.05, 0) is 43.3 Å². The van der Waals surface area contributed by atoms with Crippen LogP contribution in [0.2, 0.25) is 0 Å². The third-order valence-electron chi connectivity index (χ3n) is 2.90. The Bertz CT molecular complexity index is 574. The van der Waals surface area contributed by atoms with Crippen molar-refractivity contribution in [1.82, 2.24) is 5.32 Å². The fourth-order valence-electron chi connectivity index (χ4n) is 1.77. The molecule has 0 saturated heterocycles. The van der Waals surface area contributed by atoms with Crippen molar-refractivity contribution < 1.29 is 19.1 Å². The molecule has 0 fully saturated rings. The maximum absolute atomic E-state index is 11.9. The van der Waals surface area contributed by atoms with E-state index in [1.165, 1.54) is 0 Å². The minimum Gasteiger partial charge on any atom is -0.497 e. The number of carbonyl (C=O) groups is 1. The fraction of sp³-hybridized carbons (Fsp3) is 0.267. The number of nitrogens with one attached hydrogen (secondary N) is 1. The molecule has 0 aliphatic heterocycles. The third kappa shape index (κ3) is 3.39. The van der Waals surface area contributed by atoms with Crippen LogP contribution in [0.3, 0.4) is 0 Å². The van der Waals surface area contributed by atoms with E-state index < -0.39 is 6.10 Å². The van der Waals surface area contributed by atoms with Gasteiger partial charge in [0.2, 0.25) is 0 Å². The van der Waals surface area contributed by atoms with E-state index in [-0.39, 0.29) is 12.5 Å². The van der Waals surface area contributed by atoms with Crippen LogP contribution in [0.4, 0.5) is 0 Å². The van der Waals surface area contributed by atoms with Crippen molar-refractivity contribution in [2.24, 2.45) is 0 Å². The molecule has 0 saturated carbocycles. The summed E-state index contributed by atoms with van der Waals surface area (Å²) in [4.78, 5) is 11.9. The lowest BCUT2D eigenvalue weighted by atomic mass is 10.2. The third-order valence-corrected chi connectivity index (χ3v) is 2.90. The number of hydrogen-bond donors (Lipinski definition) is 2. The van der Waals surface area contributed by atoms with E-state index in [2.05, 4.69) is 5.32 Å². The van der Waals surface area contributed by atoms with Crippen LogP contribution in [0.25, 0.3) is 0 Å². The van der Waals surface area contributed by atoms with Crippen LogP contribution < -0.4 is 10.1 Å². The molecule has 2 rings (SSSR count). The predicted molar refractivity (Wildman–Crippen MR) is 73.7 cm³/mol. The van der Waals surface area contributed by atoms with Crippen molar-refractivity contribution >= 4 is 5.91 Å². The molecule has 1 amide bonds. The Morgan fingerprint density at radius 1 is 1.30 bits per heavy atom. The van der Waals surface area contributed by atoms with E-state index in [1.807, 2.05) is 0 Å². The van der Waals surface area contributed by atoms with E-state index >= 15 is 0 Å². The Labute approximate surface area is 117 Å². The molecule has 1 atom stereocenters. The number of aryl methyl sites for hydroxylation is 1. The summed E-state index contributed by atoms with van der Waals surface area (Å²) < 4.78 is 10.3. The Morgan fingerprint density at radius 2 is 2.00 bits per heavy atom. The average Bonchev–Trinajstić information content (AvgIpc) is 2.91. The van der Waals surface area contributed by atoms with Gasteiger partial charge < -0.3 is 19.6 Å². The van der Waals surface area contributed by atoms with Gasteiger partial charge in [0.05, 0.1) is 13.7 Å². The molecular weight excluding hydrogens is 258 g/mol. The van der Waals surface area contributed by atoms with Gasteiger partial charge in [0.1, 0.15) is 23.4 Å². The highest BCUT2D eigenvalue weighted by molar-refractivity contribution is 5.94. The van der Waals surface area contributed by atoms with E-state index in [9.17, 15) is 9.90 Å². The molecule has 1 aromatic carbocycles. The van der Waals surface area contributed by atoms with Crippen molar-refractivity contribution in [3.05, 3.63) is 53.5 Å². The van der Waals surface area contributed by atoms with Crippen molar-refractivity contribution in [2.75, 3.05) is 13.7 Å². The normalized spacial score (nSPS) is 11.9. The van der Waals surface area contributed by atoms with Gasteiger partial charge in [-0.15, -0.1) is 0 Å². The van der Waals surface area contributed by atoms with E-state index in [4.69, 9.17) is 9.15 Å². The molecule has 0 radical (unpaired) electrons. The number of amides is 1. The van der Waals surface area contributed by atoms with Crippen LogP contribution in [-0.2, 0) is 0 Å². The molecule has 1 heterocycles. The first-order chi connectivity index (χ1) is 9.60. The van der Waals surface area contributed by atoms with Crippen LogP contribution in [0.5, 0.6) is 5.75 Å². The molecular formula is C15H17NO4. The zero-order chi connectivity index (χ0) is 14.5. The largest absolute Gasteiger partial charge is 0.497 e. The Kier molecular flexibility index (Phi) is 4.42. The molecule has 20 heavy (non-hydrogen) atoms. The molecule has 2 N–H and O–H groups in total. The first kappa shape index (κ1) is 14.1. The number of methoxy groups -OCH3 is 1. The predicted octanol–water partition coefficient (Wildman–Crippen LogP) is 2.06. The van der Waals surface area contributed by atoms with Crippen molar-refractivity contribution in [3.8, 4) is 5.75 Å². The van der Waals surface area contributed by atoms with Crippen molar-refractivity contribution in [2.45, 2.75) is 13.0 Å². The van der Waals surface area contributed by atoms with Crippen LogP contribution in [-0.4, -0.2) is 24.7 Å². The van der Waals surface area contributed by atoms with Crippen LogP contribution in [0.15, 0.2) is 40.8 Å². The highest BCUT2D eigenvalue weighted by Gasteiger charge is 2.13. The van der Waals surface area contributed by atoms with Gasteiger partial charge in [0, 0.05) is 5.56 Å². The van der Waals surface area contributed by atoms with Gasteiger partial charge in [-0.1, -0.05) is 0 Å². The lowest BCUT2D eigenvalue weighted by Gasteiger charge is -2.10. The van der Waals surface area contributed by atoms with Gasteiger partial charge >= 0.3 is 0 Å². The molecule has 2 aromatic rings. The second kappa shape index (κ2) is 6.25. The SMILES string of the molecule is COc1ccc(C(=O)NCC(O)c2ccc(C)o2)cc1. The fourth-order valence-corrected chi connectivity index (χ4v) is 1.77.